The number of carbonyl (C=O) groups is 1. The van der Waals surface area contributed by atoms with Gasteiger partial charge in [0.2, 0.25) is 0 Å². The van der Waals surface area contributed by atoms with E-state index in [9.17, 15) is 4.79 Å². The molecule has 0 fully saturated rings. The summed E-state index contributed by atoms with van der Waals surface area (Å²) in [5, 5.41) is 0. The molecule has 1 heterocycles. The number of hydrogen-bond donors (Lipinski definition) is 1. The molecule has 2 rings (SSSR count). The van der Waals surface area contributed by atoms with Crippen molar-refractivity contribution < 1.29 is 9.53 Å². The van der Waals surface area contributed by atoms with Gasteiger partial charge < -0.3 is 15.4 Å². The van der Waals surface area contributed by atoms with Crippen LogP contribution in [0.1, 0.15) is 12.6 Å². The second-order valence-corrected chi connectivity index (χ2v) is 4.59. The molecular weight excluding hydrogens is 266 g/mol. The van der Waals surface area contributed by atoms with Gasteiger partial charge in [-0.25, -0.2) is 0 Å². The zero-order valence-corrected chi connectivity index (χ0v) is 12.0. The highest BCUT2D eigenvalue weighted by Gasteiger charge is 2.13. The minimum Gasteiger partial charge on any atom is -0.484 e. The van der Waals surface area contributed by atoms with Crippen LogP contribution in [-0.4, -0.2) is 28.9 Å². The van der Waals surface area contributed by atoms with Crippen molar-refractivity contribution in [3.63, 3.8) is 0 Å². The number of nitrogen functional groups attached to an aromatic ring is 1. The molecule has 0 radical (unpaired) electrons. The van der Waals surface area contributed by atoms with Crippen LogP contribution in [0.4, 0.5) is 5.69 Å². The molecular formula is C16H19N3O2. The Bertz CT molecular complexity index is 587. The van der Waals surface area contributed by atoms with Crippen LogP contribution < -0.4 is 10.5 Å². The van der Waals surface area contributed by atoms with Crippen molar-refractivity contribution in [2.24, 2.45) is 0 Å². The van der Waals surface area contributed by atoms with Crippen molar-refractivity contribution in [3.05, 3.63) is 54.4 Å². The zero-order valence-electron chi connectivity index (χ0n) is 12.0. The van der Waals surface area contributed by atoms with Crippen LogP contribution in [0.5, 0.6) is 5.75 Å². The Kier molecular flexibility index (Phi) is 5.15. The van der Waals surface area contributed by atoms with Crippen molar-refractivity contribution >= 4 is 11.6 Å². The van der Waals surface area contributed by atoms with Gasteiger partial charge in [-0.15, -0.1) is 0 Å². The lowest BCUT2D eigenvalue weighted by atomic mass is 10.3. The summed E-state index contributed by atoms with van der Waals surface area (Å²) in [5.41, 5.74) is 7.14. The van der Waals surface area contributed by atoms with Crippen molar-refractivity contribution in [3.8, 4) is 5.75 Å². The lowest BCUT2D eigenvalue weighted by Gasteiger charge is -2.20. The topological polar surface area (TPSA) is 68.5 Å². The predicted octanol–water partition coefficient (Wildman–Crippen LogP) is 2.09. The van der Waals surface area contributed by atoms with E-state index < -0.39 is 0 Å². The first kappa shape index (κ1) is 14.8. The second-order valence-electron chi connectivity index (χ2n) is 4.59. The van der Waals surface area contributed by atoms with Gasteiger partial charge in [-0.2, -0.15) is 0 Å². The number of aromatic nitrogens is 1. The lowest BCUT2D eigenvalue weighted by molar-refractivity contribution is -0.133. The number of nitrogens with two attached hydrogens (primary N) is 1. The van der Waals surface area contributed by atoms with E-state index >= 15 is 0 Å². The maximum Gasteiger partial charge on any atom is 0.260 e. The number of rotatable bonds is 6. The van der Waals surface area contributed by atoms with Gasteiger partial charge in [-0.1, -0.05) is 12.1 Å². The van der Waals surface area contributed by atoms with Crippen LogP contribution in [0.15, 0.2) is 48.7 Å². The Morgan fingerprint density at radius 3 is 2.81 bits per heavy atom. The highest BCUT2D eigenvalue weighted by atomic mass is 16.5. The SMILES string of the molecule is CCN(Cc1ccccn1)C(=O)COc1cccc(N)c1. The Labute approximate surface area is 124 Å². The number of likely N-dealkylation sites (N-methyl/N-ethyl adjacent to an activating group) is 1. The minimum atomic E-state index is -0.0782. The molecule has 0 bridgehead atoms. The average molecular weight is 285 g/mol. The molecule has 110 valence electrons. The predicted molar refractivity (Wildman–Crippen MR) is 81.7 cm³/mol. The normalized spacial score (nSPS) is 10.1. The van der Waals surface area contributed by atoms with Crippen LogP contribution in [0, 0.1) is 0 Å². The summed E-state index contributed by atoms with van der Waals surface area (Å²) in [7, 11) is 0. The van der Waals surface area contributed by atoms with Crippen LogP contribution in [-0.2, 0) is 11.3 Å². The van der Waals surface area contributed by atoms with E-state index in [-0.39, 0.29) is 12.5 Å². The Hall–Kier alpha value is -2.56. The third kappa shape index (κ3) is 4.49. The zero-order chi connectivity index (χ0) is 15.1. The third-order valence-corrected chi connectivity index (χ3v) is 3.03. The van der Waals surface area contributed by atoms with Gasteiger partial charge >= 0.3 is 0 Å². The molecule has 1 aromatic heterocycles. The number of pyridine rings is 1. The lowest BCUT2D eigenvalue weighted by Crippen LogP contribution is -2.34. The van der Waals surface area contributed by atoms with Crippen molar-refractivity contribution in [1.29, 1.82) is 0 Å². The second kappa shape index (κ2) is 7.28. The summed E-state index contributed by atoms with van der Waals surface area (Å²) in [5.74, 6) is 0.516. The highest BCUT2D eigenvalue weighted by molar-refractivity contribution is 5.77. The molecule has 0 atom stereocenters. The Balaban J connectivity index is 1.91. The van der Waals surface area contributed by atoms with E-state index in [4.69, 9.17) is 10.5 Å². The molecule has 0 aliphatic carbocycles. The van der Waals surface area contributed by atoms with Crippen LogP contribution in [0.25, 0.3) is 0 Å². The Morgan fingerprint density at radius 2 is 2.14 bits per heavy atom. The first-order valence-electron chi connectivity index (χ1n) is 6.85. The molecule has 21 heavy (non-hydrogen) atoms. The van der Waals surface area contributed by atoms with E-state index in [0.29, 0.717) is 24.5 Å². The number of anilines is 1. The number of amides is 1. The van der Waals surface area contributed by atoms with Gasteiger partial charge in [-0.05, 0) is 31.2 Å². The number of ether oxygens (including phenoxy) is 1. The summed E-state index contributed by atoms with van der Waals surface area (Å²) >= 11 is 0. The summed E-state index contributed by atoms with van der Waals surface area (Å²) in [6.45, 7) is 3.01. The average Bonchev–Trinajstić information content (AvgIpc) is 2.51. The van der Waals surface area contributed by atoms with Gasteiger partial charge in [0.05, 0.1) is 12.2 Å². The fourth-order valence-corrected chi connectivity index (χ4v) is 1.90. The van der Waals surface area contributed by atoms with E-state index in [1.165, 1.54) is 0 Å². The van der Waals surface area contributed by atoms with E-state index in [1.54, 1.807) is 35.4 Å². The molecule has 0 aliphatic heterocycles. The first-order chi connectivity index (χ1) is 10.2. The molecule has 0 unspecified atom stereocenters. The van der Waals surface area contributed by atoms with E-state index in [0.717, 1.165) is 5.69 Å². The fraction of sp³-hybridized carbons (Fsp3) is 0.250. The summed E-state index contributed by atoms with van der Waals surface area (Å²) in [4.78, 5) is 18.1. The quantitative estimate of drug-likeness (QED) is 0.825. The smallest absolute Gasteiger partial charge is 0.260 e. The monoisotopic (exact) mass is 285 g/mol. The number of nitrogens with zero attached hydrogens (tertiary/aromatic N) is 2. The van der Waals surface area contributed by atoms with E-state index in [2.05, 4.69) is 4.98 Å². The van der Waals surface area contributed by atoms with Crippen LogP contribution >= 0.6 is 0 Å². The van der Waals surface area contributed by atoms with Crippen molar-refractivity contribution in [1.82, 2.24) is 9.88 Å². The Morgan fingerprint density at radius 1 is 1.29 bits per heavy atom. The minimum absolute atomic E-state index is 0.00979. The molecule has 1 aromatic carbocycles. The summed E-state index contributed by atoms with van der Waals surface area (Å²) < 4.78 is 5.48. The molecule has 0 saturated heterocycles. The van der Waals surface area contributed by atoms with Crippen LogP contribution in [0.2, 0.25) is 0 Å². The van der Waals surface area contributed by atoms with Gasteiger partial charge in [0.1, 0.15) is 5.75 Å². The van der Waals surface area contributed by atoms with Crippen LogP contribution in [0.3, 0.4) is 0 Å². The van der Waals surface area contributed by atoms with Crippen molar-refractivity contribution in [2.75, 3.05) is 18.9 Å². The first-order valence-corrected chi connectivity index (χ1v) is 6.85. The number of hydrogen-bond acceptors (Lipinski definition) is 4. The maximum atomic E-state index is 12.2. The summed E-state index contributed by atoms with van der Waals surface area (Å²) in [6, 6.07) is 12.7. The molecule has 5 heteroatoms. The molecule has 2 aromatic rings. The molecule has 1 amide bonds. The van der Waals surface area contributed by atoms with Gasteiger partial charge in [0.25, 0.3) is 5.91 Å². The number of benzene rings is 1. The molecule has 5 nitrogen and oxygen atoms in total. The fourth-order valence-electron chi connectivity index (χ4n) is 1.90. The van der Waals surface area contributed by atoms with Gasteiger partial charge in [0, 0.05) is 24.5 Å². The van der Waals surface area contributed by atoms with Crippen molar-refractivity contribution in [2.45, 2.75) is 13.5 Å². The molecule has 0 saturated carbocycles. The summed E-state index contributed by atoms with van der Waals surface area (Å²) in [6.07, 6.45) is 1.72. The largest absolute Gasteiger partial charge is 0.484 e. The molecule has 2 N–H and O–H groups in total. The third-order valence-electron chi connectivity index (χ3n) is 3.03. The standard InChI is InChI=1S/C16H19N3O2/c1-2-19(11-14-7-3-4-9-18-14)16(20)12-21-15-8-5-6-13(17)10-15/h3-10H,2,11-12,17H2,1H3. The van der Waals surface area contributed by atoms with Gasteiger partial charge in [-0.3, -0.25) is 9.78 Å². The van der Waals surface area contributed by atoms with E-state index in [1.807, 2.05) is 25.1 Å². The number of carbonyl (C=O) groups excluding carboxylic acids is 1. The molecule has 0 aliphatic rings. The maximum absolute atomic E-state index is 12.2. The molecule has 0 spiro atoms. The van der Waals surface area contributed by atoms with Gasteiger partial charge in [0.15, 0.2) is 6.61 Å². The highest BCUT2D eigenvalue weighted by Crippen LogP contribution is 2.14.